The Morgan fingerprint density at radius 2 is 1.78 bits per heavy atom. The summed E-state index contributed by atoms with van der Waals surface area (Å²) in [5.74, 6) is 1.29. The van der Waals surface area contributed by atoms with Crippen LogP contribution in [0.25, 0.3) is 5.69 Å². The van der Waals surface area contributed by atoms with Crippen molar-refractivity contribution in [2.75, 3.05) is 37.6 Å². The predicted octanol–water partition coefficient (Wildman–Crippen LogP) is 2.38. The smallest absolute Gasteiger partial charge is 0.263 e. The molecule has 1 aliphatic carbocycles. The highest BCUT2D eigenvalue weighted by Crippen LogP contribution is 2.31. The molecule has 10 nitrogen and oxygen atoms in total. The first-order chi connectivity index (χ1) is 18.0. The van der Waals surface area contributed by atoms with Crippen LogP contribution in [0, 0.1) is 6.92 Å². The summed E-state index contributed by atoms with van der Waals surface area (Å²) in [6, 6.07) is 9.82. The Hall–Kier alpha value is -3.67. The lowest BCUT2D eigenvalue weighted by Crippen LogP contribution is -2.65. The number of rotatable bonds is 7. The largest absolute Gasteiger partial charge is 0.470 e. The van der Waals surface area contributed by atoms with Gasteiger partial charge in [0.15, 0.2) is 5.82 Å². The molecule has 3 aliphatic rings. The quantitative estimate of drug-likeness (QED) is 0.479. The molecule has 1 aromatic carbocycles. The van der Waals surface area contributed by atoms with Gasteiger partial charge in [-0.1, -0.05) is 17.3 Å². The number of piperazine rings is 2. The third-order valence-corrected chi connectivity index (χ3v) is 7.33. The molecule has 2 aliphatic heterocycles. The number of carbonyl (C=O) groups is 1. The predicted molar refractivity (Wildman–Crippen MR) is 130 cm³/mol. The standard InChI is InChI=1S/C25H28F2N8O2/c1-16-21(35(31-28-16)19-4-2-17(3-5-19)24(26)27)15-37-23-9-8-22(29-30-23)33-11-10-32-12-13-34(18-6-7-18)25(36)20(32)14-33/h2-5,8-9,18,20,24H,6-7,10-15H2,1H3/t20-/m0/s1. The number of alkyl halides is 2. The van der Waals surface area contributed by atoms with Crippen molar-refractivity contribution < 1.29 is 18.3 Å². The van der Waals surface area contributed by atoms with Crippen LogP contribution in [-0.2, 0) is 11.4 Å². The summed E-state index contributed by atoms with van der Waals surface area (Å²) in [5.41, 5.74) is 1.91. The Morgan fingerprint density at radius 3 is 2.49 bits per heavy atom. The Kier molecular flexibility index (Phi) is 6.19. The van der Waals surface area contributed by atoms with Gasteiger partial charge in [-0.3, -0.25) is 9.69 Å². The van der Waals surface area contributed by atoms with Crippen molar-refractivity contribution in [3.8, 4) is 11.6 Å². The molecule has 1 atom stereocenters. The van der Waals surface area contributed by atoms with E-state index in [-0.39, 0.29) is 24.1 Å². The van der Waals surface area contributed by atoms with Gasteiger partial charge in [-0.05, 0) is 38.0 Å². The van der Waals surface area contributed by atoms with Gasteiger partial charge in [-0.2, -0.15) is 0 Å². The first kappa shape index (κ1) is 23.7. The lowest BCUT2D eigenvalue weighted by Gasteiger charge is -2.46. The van der Waals surface area contributed by atoms with Gasteiger partial charge in [-0.25, -0.2) is 13.5 Å². The monoisotopic (exact) mass is 510 g/mol. The molecule has 3 aromatic rings. The number of amides is 1. The van der Waals surface area contributed by atoms with E-state index in [1.807, 2.05) is 6.07 Å². The normalized spacial score (nSPS) is 20.4. The average Bonchev–Trinajstić information content (AvgIpc) is 3.70. The van der Waals surface area contributed by atoms with E-state index in [1.165, 1.54) is 12.1 Å². The van der Waals surface area contributed by atoms with Crippen LogP contribution >= 0.6 is 0 Å². The second-order valence-corrected chi connectivity index (χ2v) is 9.70. The maximum atomic E-state index is 13.0. The first-order valence-electron chi connectivity index (χ1n) is 12.5. The molecule has 37 heavy (non-hydrogen) atoms. The summed E-state index contributed by atoms with van der Waals surface area (Å²) < 4.78 is 33.2. The molecule has 194 valence electrons. The SMILES string of the molecule is Cc1nnn(-c2ccc(C(F)F)cc2)c1COc1ccc(N2CCN3CCN(C4CC4)C(=O)[C@@H]3C2)nn1. The minimum atomic E-state index is -2.53. The Morgan fingerprint density at radius 1 is 1.00 bits per heavy atom. The average molecular weight is 511 g/mol. The zero-order chi connectivity index (χ0) is 25.5. The third-order valence-electron chi connectivity index (χ3n) is 7.33. The van der Waals surface area contributed by atoms with Crippen molar-refractivity contribution in [2.24, 2.45) is 0 Å². The molecule has 4 heterocycles. The number of carbonyl (C=O) groups excluding carboxylic acids is 1. The van der Waals surface area contributed by atoms with Crippen LogP contribution in [0.4, 0.5) is 14.6 Å². The van der Waals surface area contributed by atoms with Crippen molar-refractivity contribution in [3.63, 3.8) is 0 Å². The molecule has 1 saturated carbocycles. The van der Waals surface area contributed by atoms with Crippen LogP contribution in [0.2, 0.25) is 0 Å². The van der Waals surface area contributed by atoms with Crippen LogP contribution in [0.1, 0.15) is 36.2 Å². The van der Waals surface area contributed by atoms with Crippen molar-refractivity contribution in [1.82, 2.24) is 35.0 Å². The number of hydrogen-bond acceptors (Lipinski definition) is 8. The molecule has 1 amide bonds. The topological polar surface area (TPSA) is 92.5 Å². The van der Waals surface area contributed by atoms with E-state index in [2.05, 4.69) is 35.2 Å². The first-order valence-corrected chi connectivity index (χ1v) is 12.5. The fraction of sp³-hybridized carbons (Fsp3) is 0.480. The summed E-state index contributed by atoms with van der Waals surface area (Å²) in [6.45, 7) is 5.92. The summed E-state index contributed by atoms with van der Waals surface area (Å²) in [6.07, 6.45) is -0.284. The molecule has 3 fully saturated rings. The van der Waals surface area contributed by atoms with Crippen molar-refractivity contribution in [2.45, 2.75) is 44.9 Å². The minimum absolute atomic E-state index is 0.0525. The zero-order valence-electron chi connectivity index (χ0n) is 20.5. The van der Waals surface area contributed by atoms with Crippen LogP contribution in [0.3, 0.4) is 0 Å². The molecule has 6 rings (SSSR count). The maximum absolute atomic E-state index is 13.0. The summed E-state index contributed by atoms with van der Waals surface area (Å²) in [5, 5.41) is 16.8. The number of fused-ring (bicyclic) bond motifs is 1. The van der Waals surface area contributed by atoms with Crippen LogP contribution in [0.5, 0.6) is 5.88 Å². The van der Waals surface area contributed by atoms with Gasteiger partial charge < -0.3 is 14.5 Å². The lowest BCUT2D eigenvalue weighted by molar-refractivity contribution is -0.142. The van der Waals surface area contributed by atoms with Gasteiger partial charge in [0.2, 0.25) is 11.8 Å². The van der Waals surface area contributed by atoms with E-state index in [9.17, 15) is 13.6 Å². The molecule has 12 heteroatoms. The molecule has 0 unspecified atom stereocenters. The molecular formula is C25H28F2N8O2. The van der Waals surface area contributed by atoms with E-state index in [0.717, 1.165) is 39.0 Å². The molecule has 2 aromatic heterocycles. The third kappa shape index (κ3) is 4.73. The highest BCUT2D eigenvalue weighted by molar-refractivity contribution is 5.84. The Balaban J connectivity index is 1.10. The van der Waals surface area contributed by atoms with E-state index in [4.69, 9.17) is 4.74 Å². The van der Waals surface area contributed by atoms with Crippen LogP contribution in [-0.4, -0.2) is 85.7 Å². The Labute approximate surface area is 212 Å². The fourth-order valence-corrected chi connectivity index (χ4v) is 5.03. The second kappa shape index (κ2) is 9.66. The lowest BCUT2D eigenvalue weighted by atomic mass is 10.1. The maximum Gasteiger partial charge on any atom is 0.263 e. The van der Waals surface area contributed by atoms with Gasteiger partial charge >= 0.3 is 0 Å². The highest BCUT2D eigenvalue weighted by Gasteiger charge is 2.43. The molecule has 0 radical (unpaired) electrons. The van der Waals surface area contributed by atoms with E-state index in [0.29, 0.717) is 41.4 Å². The summed E-state index contributed by atoms with van der Waals surface area (Å²) in [7, 11) is 0. The number of aromatic nitrogens is 5. The minimum Gasteiger partial charge on any atom is -0.470 e. The molecule has 0 spiro atoms. The van der Waals surface area contributed by atoms with Gasteiger partial charge in [0.25, 0.3) is 6.43 Å². The van der Waals surface area contributed by atoms with Gasteiger partial charge in [0.05, 0.1) is 11.4 Å². The number of hydrogen-bond donors (Lipinski definition) is 0. The number of aryl methyl sites for hydroxylation is 1. The molecular weight excluding hydrogens is 482 g/mol. The van der Waals surface area contributed by atoms with Crippen LogP contribution < -0.4 is 9.64 Å². The van der Waals surface area contributed by atoms with E-state index < -0.39 is 6.43 Å². The number of halogens is 2. The van der Waals surface area contributed by atoms with Crippen LogP contribution in [0.15, 0.2) is 36.4 Å². The van der Waals surface area contributed by atoms with Crippen molar-refractivity contribution >= 4 is 11.7 Å². The fourth-order valence-electron chi connectivity index (χ4n) is 5.03. The van der Waals surface area contributed by atoms with E-state index >= 15 is 0 Å². The summed E-state index contributed by atoms with van der Waals surface area (Å²) >= 11 is 0. The zero-order valence-corrected chi connectivity index (χ0v) is 20.5. The summed E-state index contributed by atoms with van der Waals surface area (Å²) in [4.78, 5) is 19.5. The molecule has 0 N–H and O–H groups in total. The number of anilines is 1. The second-order valence-electron chi connectivity index (χ2n) is 9.70. The van der Waals surface area contributed by atoms with Gasteiger partial charge in [0, 0.05) is 50.4 Å². The van der Waals surface area contributed by atoms with Crippen molar-refractivity contribution in [3.05, 3.63) is 53.3 Å². The number of nitrogens with zero attached hydrogens (tertiary/aromatic N) is 8. The van der Waals surface area contributed by atoms with Gasteiger partial charge in [-0.15, -0.1) is 15.3 Å². The number of ether oxygens (including phenoxy) is 1. The number of benzene rings is 1. The van der Waals surface area contributed by atoms with Crippen molar-refractivity contribution in [1.29, 1.82) is 0 Å². The van der Waals surface area contributed by atoms with Gasteiger partial charge in [0.1, 0.15) is 18.3 Å². The van der Waals surface area contributed by atoms with E-state index in [1.54, 1.807) is 29.8 Å². The Bertz CT molecular complexity index is 1260. The molecule has 0 bridgehead atoms. The highest BCUT2D eigenvalue weighted by atomic mass is 19.3. The molecule has 2 saturated heterocycles.